The average Bonchev–Trinajstić information content (AvgIpc) is 2.74. The van der Waals surface area contributed by atoms with Crippen molar-refractivity contribution in [2.45, 2.75) is 38.0 Å². The Labute approximate surface area is 172 Å². The number of hydrogen-bond acceptors (Lipinski definition) is 4. The summed E-state index contributed by atoms with van der Waals surface area (Å²) in [5.41, 5.74) is 2.49. The molecule has 29 heavy (non-hydrogen) atoms. The number of anilines is 1. The predicted octanol–water partition coefficient (Wildman–Crippen LogP) is 3.41. The molecule has 0 aliphatic carbocycles. The van der Waals surface area contributed by atoms with Crippen molar-refractivity contribution in [1.82, 2.24) is 14.2 Å². The van der Waals surface area contributed by atoms with Crippen LogP contribution in [0.1, 0.15) is 26.7 Å². The minimum absolute atomic E-state index is 0.00478. The van der Waals surface area contributed by atoms with Crippen LogP contribution in [-0.2, 0) is 10.0 Å². The normalized spacial score (nSPS) is 16.0. The number of pyridine rings is 1. The maximum atomic E-state index is 12.6. The fraction of sp³-hybridized carbons (Fsp3) is 0.429. The Kier molecular flexibility index (Phi) is 6.54. The summed E-state index contributed by atoms with van der Waals surface area (Å²) < 4.78 is 26.1. The first kappa shape index (κ1) is 21.3. The molecule has 0 atom stereocenters. The summed E-state index contributed by atoms with van der Waals surface area (Å²) in [5.74, 6) is 0. The number of sulfonamides is 1. The second-order valence-electron chi connectivity index (χ2n) is 7.56. The molecule has 0 unspecified atom stereocenters. The van der Waals surface area contributed by atoms with Crippen molar-refractivity contribution in [2.24, 2.45) is 0 Å². The molecule has 0 spiro atoms. The molecule has 0 saturated carbocycles. The summed E-state index contributed by atoms with van der Waals surface area (Å²) in [6, 6.07) is 13.3. The molecule has 1 aromatic heterocycles. The number of urea groups is 1. The molecule has 8 heteroatoms. The summed E-state index contributed by atoms with van der Waals surface area (Å²) in [6.07, 6.45) is 2.90. The Hall–Kier alpha value is -2.45. The van der Waals surface area contributed by atoms with Crippen LogP contribution in [-0.4, -0.2) is 60.1 Å². The van der Waals surface area contributed by atoms with Gasteiger partial charge in [0.25, 0.3) is 0 Å². The standard InChI is InChI=1S/C21H28N4O3S/c1-16(2)29(27,28)25-13-11-19(12-14-25)24(3)21(26)23-18-9-10-20(22-15-18)17-7-5-4-6-8-17/h4-10,15-16,19H,11-14H2,1-3H3,(H,23,26). The number of rotatable bonds is 5. The number of piperidine rings is 1. The summed E-state index contributed by atoms with van der Waals surface area (Å²) in [5, 5.41) is 2.45. The fourth-order valence-corrected chi connectivity index (χ4v) is 4.72. The van der Waals surface area contributed by atoms with Crippen LogP contribution < -0.4 is 5.32 Å². The zero-order valence-electron chi connectivity index (χ0n) is 17.1. The van der Waals surface area contributed by atoms with E-state index in [0.29, 0.717) is 31.6 Å². The van der Waals surface area contributed by atoms with Crippen LogP contribution in [0.3, 0.4) is 0 Å². The monoisotopic (exact) mass is 416 g/mol. The van der Waals surface area contributed by atoms with E-state index in [0.717, 1.165) is 11.3 Å². The second-order valence-corrected chi connectivity index (χ2v) is 10.1. The van der Waals surface area contributed by atoms with Gasteiger partial charge in [-0.1, -0.05) is 30.3 Å². The van der Waals surface area contributed by atoms with E-state index >= 15 is 0 Å². The maximum Gasteiger partial charge on any atom is 0.321 e. The Morgan fingerprint density at radius 1 is 1.14 bits per heavy atom. The van der Waals surface area contributed by atoms with Gasteiger partial charge < -0.3 is 10.2 Å². The van der Waals surface area contributed by atoms with Gasteiger partial charge in [-0.05, 0) is 38.8 Å². The van der Waals surface area contributed by atoms with Gasteiger partial charge in [-0.25, -0.2) is 17.5 Å². The van der Waals surface area contributed by atoms with Gasteiger partial charge in [0.15, 0.2) is 0 Å². The fourth-order valence-electron chi connectivity index (χ4n) is 3.41. The lowest BCUT2D eigenvalue weighted by Crippen LogP contribution is -2.49. The van der Waals surface area contributed by atoms with Crippen molar-refractivity contribution < 1.29 is 13.2 Å². The third-order valence-corrected chi connectivity index (χ3v) is 7.61. The summed E-state index contributed by atoms with van der Waals surface area (Å²) >= 11 is 0. The van der Waals surface area contributed by atoms with Crippen LogP contribution >= 0.6 is 0 Å². The topological polar surface area (TPSA) is 82.6 Å². The molecular formula is C21H28N4O3S. The third-order valence-electron chi connectivity index (χ3n) is 5.33. The molecule has 1 fully saturated rings. The van der Waals surface area contributed by atoms with E-state index < -0.39 is 15.3 Å². The van der Waals surface area contributed by atoms with Gasteiger partial charge in [-0.15, -0.1) is 0 Å². The van der Waals surface area contributed by atoms with E-state index in [4.69, 9.17) is 0 Å². The first-order valence-corrected chi connectivity index (χ1v) is 11.3. The predicted molar refractivity (Wildman–Crippen MR) is 115 cm³/mol. The lowest BCUT2D eigenvalue weighted by Gasteiger charge is -2.36. The molecule has 3 rings (SSSR count). The SMILES string of the molecule is CC(C)S(=O)(=O)N1CCC(N(C)C(=O)Nc2ccc(-c3ccccc3)nc2)CC1. The van der Waals surface area contributed by atoms with Crippen LogP contribution in [0.25, 0.3) is 11.3 Å². The number of hydrogen-bond donors (Lipinski definition) is 1. The summed E-state index contributed by atoms with van der Waals surface area (Å²) in [6.45, 7) is 4.27. The molecule has 2 heterocycles. The number of benzene rings is 1. The average molecular weight is 417 g/mol. The van der Waals surface area contributed by atoms with E-state index in [9.17, 15) is 13.2 Å². The number of nitrogens with one attached hydrogen (secondary N) is 1. The highest BCUT2D eigenvalue weighted by molar-refractivity contribution is 7.89. The van der Waals surface area contributed by atoms with E-state index in [1.54, 1.807) is 32.0 Å². The molecule has 0 radical (unpaired) electrons. The van der Waals surface area contributed by atoms with Crippen molar-refractivity contribution in [1.29, 1.82) is 0 Å². The molecule has 156 valence electrons. The number of carbonyl (C=O) groups is 1. The van der Waals surface area contributed by atoms with Gasteiger partial charge in [0.1, 0.15) is 0 Å². The van der Waals surface area contributed by atoms with E-state index in [1.807, 2.05) is 42.5 Å². The minimum atomic E-state index is -3.24. The van der Waals surface area contributed by atoms with Gasteiger partial charge in [0, 0.05) is 31.7 Å². The summed E-state index contributed by atoms with van der Waals surface area (Å²) in [4.78, 5) is 18.7. The first-order chi connectivity index (χ1) is 13.8. The molecule has 2 amide bonds. The molecular weight excluding hydrogens is 388 g/mol. The van der Waals surface area contributed by atoms with E-state index in [1.165, 1.54) is 4.31 Å². The minimum Gasteiger partial charge on any atom is -0.325 e. The molecule has 1 N–H and O–H groups in total. The quantitative estimate of drug-likeness (QED) is 0.810. The zero-order chi connectivity index (χ0) is 21.0. The summed E-state index contributed by atoms with van der Waals surface area (Å²) in [7, 11) is -1.49. The Balaban J connectivity index is 1.56. The van der Waals surface area contributed by atoms with Gasteiger partial charge >= 0.3 is 6.03 Å². The largest absolute Gasteiger partial charge is 0.325 e. The highest BCUT2D eigenvalue weighted by Gasteiger charge is 2.32. The number of nitrogens with zero attached hydrogens (tertiary/aromatic N) is 3. The van der Waals surface area contributed by atoms with Crippen LogP contribution in [0.15, 0.2) is 48.7 Å². The van der Waals surface area contributed by atoms with Gasteiger partial charge in [-0.2, -0.15) is 0 Å². The Bertz CT molecular complexity index is 922. The molecule has 1 saturated heterocycles. The third kappa shape index (κ3) is 4.94. The lowest BCUT2D eigenvalue weighted by atomic mass is 10.1. The number of carbonyl (C=O) groups excluding carboxylic acids is 1. The van der Waals surface area contributed by atoms with Crippen LogP contribution in [0, 0.1) is 0 Å². The number of amides is 2. The van der Waals surface area contributed by atoms with Crippen LogP contribution in [0.5, 0.6) is 0 Å². The van der Waals surface area contributed by atoms with Crippen LogP contribution in [0.4, 0.5) is 10.5 Å². The Morgan fingerprint density at radius 2 is 1.79 bits per heavy atom. The Morgan fingerprint density at radius 3 is 2.34 bits per heavy atom. The smallest absolute Gasteiger partial charge is 0.321 e. The van der Waals surface area contributed by atoms with Gasteiger partial charge in [-0.3, -0.25) is 4.98 Å². The number of aromatic nitrogens is 1. The maximum absolute atomic E-state index is 12.6. The van der Waals surface area contributed by atoms with Crippen molar-refractivity contribution in [3.63, 3.8) is 0 Å². The van der Waals surface area contributed by atoms with Crippen molar-refractivity contribution in [3.05, 3.63) is 48.7 Å². The first-order valence-electron chi connectivity index (χ1n) is 9.83. The molecule has 1 aliphatic heterocycles. The lowest BCUT2D eigenvalue weighted by molar-refractivity contribution is 0.173. The second kappa shape index (κ2) is 8.92. The highest BCUT2D eigenvalue weighted by atomic mass is 32.2. The highest BCUT2D eigenvalue weighted by Crippen LogP contribution is 2.22. The van der Waals surface area contributed by atoms with E-state index in [2.05, 4.69) is 10.3 Å². The molecule has 0 bridgehead atoms. The molecule has 2 aromatic rings. The molecule has 1 aromatic carbocycles. The van der Waals surface area contributed by atoms with Crippen LogP contribution in [0.2, 0.25) is 0 Å². The van der Waals surface area contributed by atoms with Crippen molar-refractivity contribution in [3.8, 4) is 11.3 Å². The van der Waals surface area contributed by atoms with Gasteiger partial charge in [0.05, 0.1) is 22.8 Å². The van der Waals surface area contributed by atoms with Crippen molar-refractivity contribution in [2.75, 3.05) is 25.5 Å². The van der Waals surface area contributed by atoms with E-state index in [-0.39, 0.29) is 12.1 Å². The van der Waals surface area contributed by atoms with Crippen molar-refractivity contribution >= 4 is 21.7 Å². The molecule has 7 nitrogen and oxygen atoms in total. The zero-order valence-corrected chi connectivity index (χ0v) is 17.9. The van der Waals surface area contributed by atoms with Gasteiger partial charge in [0.2, 0.25) is 10.0 Å². The molecule has 1 aliphatic rings.